The summed E-state index contributed by atoms with van der Waals surface area (Å²) < 4.78 is 10.4. The van der Waals surface area contributed by atoms with Gasteiger partial charge in [-0.3, -0.25) is 4.79 Å². The van der Waals surface area contributed by atoms with Crippen molar-refractivity contribution >= 4 is 13.5 Å². The predicted molar refractivity (Wildman–Crippen MR) is 73.5 cm³/mol. The van der Waals surface area contributed by atoms with Crippen molar-refractivity contribution in [1.29, 1.82) is 0 Å². The Morgan fingerprint density at radius 1 is 1.63 bits per heavy atom. The van der Waals surface area contributed by atoms with Crippen molar-refractivity contribution in [3.05, 3.63) is 0 Å². The summed E-state index contributed by atoms with van der Waals surface area (Å²) in [6.07, 6.45) is 3.13. The highest BCUT2D eigenvalue weighted by atomic mass is 16.5. The summed E-state index contributed by atoms with van der Waals surface area (Å²) in [5, 5.41) is 9.99. The molecule has 1 aliphatic carbocycles. The van der Waals surface area contributed by atoms with E-state index in [1.165, 1.54) is 0 Å². The second-order valence-electron chi connectivity index (χ2n) is 5.29. The predicted octanol–water partition coefficient (Wildman–Crippen LogP) is 1.22. The first kappa shape index (κ1) is 16.5. The van der Waals surface area contributed by atoms with Crippen LogP contribution in [0.3, 0.4) is 0 Å². The molecule has 0 aromatic rings. The third-order valence-electron chi connectivity index (χ3n) is 3.91. The van der Waals surface area contributed by atoms with Gasteiger partial charge in [-0.2, -0.15) is 0 Å². The first-order chi connectivity index (χ1) is 9.06. The molecule has 0 spiro atoms. The van der Waals surface area contributed by atoms with Gasteiger partial charge in [0.2, 0.25) is 0 Å². The minimum Gasteiger partial charge on any atom is -0.465 e. The molecule has 0 amide bonds. The van der Waals surface area contributed by atoms with E-state index < -0.39 is 11.5 Å². The molecule has 0 aliphatic heterocycles. The number of carbonyl (C=O) groups excluding carboxylic acids is 1. The number of nitrogens with two attached hydrogens (primary N) is 1. The maximum Gasteiger partial charge on any atom is 0.314 e. The number of aliphatic hydroxyl groups excluding tert-OH is 1. The first-order valence-corrected chi connectivity index (χ1v) is 7.07. The summed E-state index contributed by atoms with van der Waals surface area (Å²) in [5.74, 6) is -0.128. The Kier molecular flexibility index (Phi) is 6.82. The number of rotatable bonds is 8. The molecule has 0 heterocycles. The highest BCUT2D eigenvalue weighted by Crippen LogP contribution is 2.48. The fourth-order valence-electron chi connectivity index (χ4n) is 2.61. The maximum absolute atomic E-state index is 12.2. The lowest BCUT2D eigenvalue weighted by molar-refractivity contribution is -0.162. The van der Waals surface area contributed by atoms with E-state index in [2.05, 4.69) is 0 Å². The Labute approximate surface area is 116 Å². The fourth-order valence-corrected chi connectivity index (χ4v) is 2.61. The van der Waals surface area contributed by atoms with Crippen molar-refractivity contribution in [2.24, 2.45) is 11.1 Å². The number of esters is 1. The van der Waals surface area contributed by atoms with Gasteiger partial charge < -0.3 is 20.2 Å². The number of hydrogen-bond acceptors (Lipinski definition) is 5. The van der Waals surface area contributed by atoms with E-state index >= 15 is 0 Å². The zero-order valence-corrected chi connectivity index (χ0v) is 11.9. The van der Waals surface area contributed by atoms with E-state index in [0.717, 1.165) is 19.3 Å². The van der Waals surface area contributed by atoms with Crippen LogP contribution in [0.4, 0.5) is 0 Å². The molecule has 5 nitrogen and oxygen atoms in total. The monoisotopic (exact) mass is 270 g/mol. The van der Waals surface area contributed by atoms with Gasteiger partial charge in [-0.1, -0.05) is 19.8 Å². The average Bonchev–Trinajstić information content (AvgIpc) is 2.82. The highest BCUT2D eigenvalue weighted by molar-refractivity contribution is 6.29. The quantitative estimate of drug-likeness (QED) is 0.300. The summed E-state index contributed by atoms with van der Waals surface area (Å²) in [5.41, 5.74) is 4.50. The van der Waals surface area contributed by atoms with Crippen LogP contribution in [0.15, 0.2) is 0 Å². The largest absolute Gasteiger partial charge is 0.465 e. The minimum absolute atomic E-state index is 0.138. The second-order valence-corrected chi connectivity index (χ2v) is 5.29. The molecule has 19 heavy (non-hydrogen) atoms. The van der Waals surface area contributed by atoms with E-state index in [0.29, 0.717) is 19.4 Å². The zero-order valence-electron chi connectivity index (χ0n) is 11.9. The number of ether oxygens (including phenoxy) is 1. The summed E-state index contributed by atoms with van der Waals surface area (Å²) in [4.78, 5) is 12.2. The molecule has 1 aliphatic rings. The topological polar surface area (TPSA) is 81.8 Å². The summed E-state index contributed by atoms with van der Waals surface area (Å²) in [6.45, 7) is 4.27. The fraction of sp³-hybridized carbons (Fsp3) is 0.923. The van der Waals surface area contributed by atoms with Gasteiger partial charge in [0.1, 0.15) is 0 Å². The molecule has 109 valence electrons. The van der Waals surface area contributed by atoms with Crippen molar-refractivity contribution in [1.82, 2.24) is 0 Å². The Morgan fingerprint density at radius 3 is 2.95 bits per heavy atom. The van der Waals surface area contributed by atoms with Crippen LogP contribution in [0.1, 0.15) is 46.0 Å². The third-order valence-corrected chi connectivity index (χ3v) is 3.91. The molecule has 3 N–H and O–H groups in total. The van der Waals surface area contributed by atoms with E-state index in [1.807, 2.05) is 6.92 Å². The van der Waals surface area contributed by atoms with Gasteiger partial charge in [0, 0.05) is 0 Å². The van der Waals surface area contributed by atoms with Crippen LogP contribution in [0.5, 0.6) is 0 Å². The summed E-state index contributed by atoms with van der Waals surface area (Å²) >= 11 is 0. The van der Waals surface area contributed by atoms with Crippen LogP contribution in [0.25, 0.3) is 0 Å². The third kappa shape index (κ3) is 4.19. The molecule has 1 fully saturated rings. The van der Waals surface area contributed by atoms with Gasteiger partial charge in [0.05, 0.1) is 24.9 Å². The van der Waals surface area contributed by atoms with Crippen LogP contribution < -0.4 is 5.73 Å². The van der Waals surface area contributed by atoms with E-state index in [1.54, 1.807) is 14.4 Å². The van der Waals surface area contributed by atoms with Crippen LogP contribution in [-0.2, 0) is 14.2 Å². The van der Waals surface area contributed by atoms with Gasteiger partial charge in [-0.05, 0) is 32.0 Å². The Hall–Kier alpha value is -0.585. The normalized spacial score (nSPS) is 28.1. The van der Waals surface area contributed by atoms with Gasteiger partial charge >= 0.3 is 5.97 Å². The molecule has 0 saturated heterocycles. The van der Waals surface area contributed by atoms with Crippen LogP contribution in [0.2, 0.25) is 5.82 Å². The van der Waals surface area contributed by atoms with Crippen molar-refractivity contribution in [3.8, 4) is 0 Å². The molecule has 1 radical (unpaired) electrons. The lowest BCUT2D eigenvalue weighted by atomic mass is 9.73. The van der Waals surface area contributed by atoms with Crippen molar-refractivity contribution in [3.63, 3.8) is 0 Å². The average molecular weight is 270 g/mol. The summed E-state index contributed by atoms with van der Waals surface area (Å²) in [6, 6.07) is 0. The number of carbonyl (C=O) groups is 1. The van der Waals surface area contributed by atoms with E-state index in [4.69, 9.17) is 15.1 Å². The Balaban J connectivity index is 2.58. The van der Waals surface area contributed by atoms with Gasteiger partial charge in [0.15, 0.2) is 0 Å². The van der Waals surface area contributed by atoms with Crippen molar-refractivity contribution in [2.45, 2.75) is 57.9 Å². The van der Waals surface area contributed by atoms with E-state index in [9.17, 15) is 9.90 Å². The molecule has 6 heteroatoms. The molecular weight excluding hydrogens is 245 g/mol. The highest BCUT2D eigenvalue weighted by Gasteiger charge is 2.50. The van der Waals surface area contributed by atoms with Crippen LogP contribution in [0, 0.1) is 5.41 Å². The lowest BCUT2D eigenvalue weighted by Crippen LogP contribution is -2.40. The number of hydrogen-bond donors (Lipinski definition) is 2. The Morgan fingerprint density at radius 2 is 2.37 bits per heavy atom. The SMILES string of the molecule is CCCCOC(=O)[C@@]1(C(C)O)CC[C@@H]([B]OCN)C1. The first-order valence-electron chi connectivity index (χ1n) is 7.07. The maximum atomic E-state index is 12.2. The lowest BCUT2D eigenvalue weighted by Gasteiger charge is -2.30. The standard InChI is InChI=1S/C13H25BNO4/c1-3-4-7-18-12(17)13(10(2)16)6-5-11(8-13)14-19-9-15/h10-11,16H,3-9,15H2,1-2H3/t10?,11-,13+/m1/s1. The molecule has 3 atom stereocenters. The van der Waals surface area contributed by atoms with Crippen molar-refractivity contribution < 1.29 is 19.3 Å². The minimum atomic E-state index is -0.785. The van der Waals surface area contributed by atoms with Crippen LogP contribution >= 0.6 is 0 Å². The molecule has 1 rings (SSSR count). The smallest absolute Gasteiger partial charge is 0.314 e. The molecule has 0 bridgehead atoms. The molecule has 1 saturated carbocycles. The van der Waals surface area contributed by atoms with Crippen LogP contribution in [-0.4, -0.2) is 38.0 Å². The second kappa shape index (κ2) is 7.87. The Bertz CT molecular complexity index is 288. The van der Waals surface area contributed by atoms with E-state index in [-0.39, 0.29) is 18.5 Å². The van der Waals surface area contributed by atoms with Gasteiger partial charge in [-0.15, -0.1) is 0 Å². The number of unbranched alkanes of at least 4 members (excludes halogenated alkanes) is 1. The van der Waals surface area contributed by atoms with Gasteiger partial charge in [0.25, 0.3) is 7.48 Å². The molecule has 0 aromatic heterocycles. The number of aliphatic hydroxyl groups is 1. The van der Waals surface area contributed by atoms with Gasteiger partial charge in [-0.25, -0.2) is 0 Å². The molecule has 0 aromatic carbocycles. The zero-order chi connectivity index (χ0) is 14.3. The van der Waals surface area contributed by atoms with Crippen molar-refractivity contribution in [2.75, 3.05) is 13.3 Å². The summed E-state index contributed by atoms with van der Waals surface area (Å²) in [7, 11) is 1.68. The molecule has 1 unspecified atom stereocenters. The molecular formula is C13H25BNO4.